The molecule has 0 radical (unpaired) electrons. The van der Waals surface area contributed by atoms with Crippen molar-refractivity contribution < 1.29 is 0 Å². The normalized spacial score (nSPS) is 11.2. The van der Waals surface area contributed by atoms with Gasteiger partial charge in [-0.05, 0) is 36.8 Å². The number of H-pyrrole nitrogens is 1. The Kier molecular flexibility index (Phi) is 3.55. The number of hydrogen-bond donors (Lipinski definition) is 1. The maximum Gasteiger partial charge on any atom is 0.262 e. The summed E-state index contributed by atoms with van der Waals surface area (Å²) in [7, 11) is 0. The molecule has 0 unspecified atom stereocenters. The van der Waals surface area contributed by atoms with Crippen molar-refractivity contribution in [1.82, 2.24) is 19.7 Å². The lowest BCUT2D eigenvalue weighted by Crippen LogP contribution is -2.10. The second-order valence-electron chi connectivity index (χ2n) is 4.82. The highest BCUT2D eigenvalue weighted by molar-refractivity contribution is 7.99. The topological polar surface area (TPSA) is 63.6 Å². The SMILES string of the molecule is CCSc1nc2c(cnn2-c2cccc(C)c2C)c(=O)[nH]1. The predicted octanol–water partition coefficient (Wildman–Crippen LogP) is 2.84. The number of hydrogen-bond acceptors (Lipinski definition) is 4. The van der Waals surface area contributed by atoms with Crippen LogP contribution in [0.1, 0.15) is 18.1 Å². The minimum atomic E-state index is -0.146. The van der Waals surface area contributed by atoms with Gasteiger partial charge in [-0.3, -0.25) is 4.79 Å². The van der Waals surface area contributed by atoms with E-state index in [0.717, 1.165) is 17.0 Å². The van der Waals surface area contributed by atoms with Gasteiger partial charge in [0.15, 0.2) is 10.8 Å². The summed E-state index contributed by atoms with van der Waals surface area (Å²) in [5.41, 5.74) is 3.73. The van der Waals surface area contributed by atoms with Crippen LogP contribution in [0.15, 0.2) is 34.3 Å². The second-order valence-corrected chi connectivity index (χ2v) is 6.07. The average molecular weight is 300 g/mol. The number of aryl methyl sites for hydroxylation is 1. The van der Waals surface area contributed by atoms with Crippen LogP contribution < -0.4 is 5.56 Å². The Morgan fingerprint density at radius 1 is 1.33 bits per heavy atom. The molecule has 0 fully saturated rings. The van der Waals surface area contributed by atoms with Gasteiger partial charge >= 0.3 is 0 Å². The number of nitrogens with one attached hydrogen (secondary N) is 1. The lowest BCUT2D eigenvalue weighted by molar-refractivity contribution is 0.865. The molecular formula is C15H16N4OS. The van der Waals surface area contributed by atoms with E-state index in [1.807, 2.05) is 26.0 Å². The Morgan fingerprint density at radius 3 is 2.90 bits per heavy atom. The van der Waals surface area contributed by atoms with E-state index in [2.05, 4.69) is 28.1 Å². The molecule has 0 atom stereocenters. The number of aromatic amines is 1. The fraction of sp³-hybridized carbons (Fsp3) is 0.267. The lowest BCUT2D eigenvalue weighted by atomic mass is 10.1. The van der Waals surface area contributed by atoms with Crippen LogP contribution in [0.4, 0.5) is 0 Å². The molecule has 1 N–H and O–H groups in total. The largest absolute Gasteiger partial charge is 0.301 e. The molecule has 3 rings (SSSR count). The molecule has 0 saturated heterocycles. The first-order valence-corrected chi connectivity index (χ1v) is 7.77. The van der Waals surface area contributed by atoms with E-state index >= 15 is 0 Å². The van der Waals surface area contributed by atoms with E-state index in [0.29, 0.717) is 16.2 Å². The maximum absolute atomic E-state index is 12.1. The number of fused-ring (bicyclic) bond motifs is 1. The monoisotopic (exact) mass is 300 g/mol. The van der Waals surface area contributed by atoms with Crippen molar-refractivity contribution in [2.75, 3.05) is 5.75 Å². The van der Waals surface area contributed by atoms with Crippen molar-refractivity contribution in [3.05, 3.63) is 45.9 Å². The van der Waals surface area contributed by atoms with Gasteiger partial charge in [0.2, 0.25) is 0 Å². The van der Waals surface area contributed by atoms with Crippen molar-refractivity contribution in [2.45, 2.75) is 25.9 Å². The number of benzene rings is 1. The summed E-state index contributed by atoms with van der Waals surface area (Å²) in [4.78, 5) is 19.4. The number of rotatable bonds is 3. The van der Waals surface area contributed by atoms with Crippen LogP contribution in [0.2, 0.25) is 0 Å². The third-order valence-electron chi connectivity index (χ3n) is 3.50. The highest BCUT2D eigenvalue weighted by atomic mass is 32.2. The minimum absolute atomic E-state index is 0.146. The minimum Gasteiger partial charge on any atom is -0.301 e. The molecule has 0 amide bonds. The summed E-state index contributed by atoms with van der Waals surface area (Å²) in [6, 6.07) is 6.04. The first-order valence-electron chi connectivity index (χ1n) is 6.79. The molecule has 0 aliphatic carbocycles. The Balaban J connectivity index is 2.28. The highest BCUT2D eigenvalue weighted by Gasteiger charge is 2.13. The molecule has 0 spiro atoms. The molecule has 5 nitrogen and oxygen atoms in total. The first kappa shape index (κ1) is 13.9. The second kappa shape index (κ2) is 5.37. The van der Waals surface area contributed by atoms with Gasteiger partial charge in [-0.15, -0.1) is 0 Å². The van der Waals surface area contributed by atoms with Gasteiger partial charge in [0.1, 0.15) is 5.39 Å². The Labute approximate surface area is 126 Å². The van der Waals surface area contributed by atoms with Gasteiger partial charge < -0.3 is 4.98 Å². The fourth-order valence-electron chi connectivity index (χ4n) is 2.24. The van der Waals surface area contributed by atoms with E-state index < -0.39 is 0 Å². The molecular weight excluding hydrogens is 284 g/mol. The van der Waals surface area contributed by atoms with Gasteiger partial charge in [0, 0.05) is 0 Å². The number of thioether (sulfide) groups is 1. The van der Waals surface area contributed by atoms with Crippen molar-refractivity contribution in [3.8, 4) is 5.69 Å². The Bertz CT molecular complexity index is 866. The van der Waals surface area contributed by atoms with Crippen LogP contribution in [-0.2, 0) is 0 Å². The molecule has 6 heteroatoms. The predicted molar refractivity (Wildman–Crippen MR) is 85.4 cm³/mol. The molecule has 3 aromatic rings. The summed E-state index contributed by atoms with van der Waals surface area (Å²) < 4.78 is 1.74. The number of nitrogens with zero attached hydrogens (tertiary/aromatic N) is 3. The summed E-state index contributed by atoms with van der Waals surface area (Å²) in [5, 5.41) is 5.49. The molecule has 0 bridgehead atoms. The first-order chi connectivity index (χ1) is 10.1. The number of aromatic nitrogens is 4. The lowest BCUT2D eigenvalue weighted by Gasteiger charge is -2.09. The Hall–Kier alpha value is -2.08. The third-order valence-corrected chi connectivity index (χ3v) is 4.26. The van der Waals surface area contributed by atoms with Crippen LogP contribution in [0.25, 0.3) is 16.7 Å². The van der Waals surface area contributed by atoms with Crippen molar-refractivity contribution in [1.29, 1.82) is 0 Å². The standard InChI is InChI=1S/C15H16N4OS/c1-4-21-15-17-13-11(14(20)18-15)8-16-19(13)12-7-5-6-9(2)10(12)3/h5-8H,4H2,1-3H3,(H,17,18,20). The highest BCUT2D eigenvalue weighted by Crippen LogP contribution is 2.21. The molecule has 0 aliphatic heterocycles. The average Bonchev–Trinajstić information content (AvgIpc) is 2.86. The zero-order chi connectivity index (χ0) is 15.0. The van der Waals surface area contributed by atoms with E-state index in [9.17, 15) is 4.79 Å². The Morgan fingerprint density at radius 2 is 2.14 bits per heavy atom. The molecule has 108 valence electrons. The van der Waals surface area contributed by atoms with E-state index in [1.165, 1.54) is 17.3 Å². The maximum atomic E-state index is 12.1. The fourth-order valence-corrected chi connectivity index (χ4v) is 2.83. The quantitative estimate of drug-likeness (QED) is 0.597. The van der Waals surface area contributed by atoms with Crippen LogP contribution >= 0.6 is 11.8 Å². The van der Waals surface area contributed by atoms with Gasteiger partial charge in [-0.2, -0.15) is 5.10 Å². The van der Waals surface area contributed by atoms with Crippen molar-refractivity contribution in [3.63, 3.8) is 0 Å². The summed E-state index contributed by atoms with van der Waals surface area (Å²) in [6.45, 7) is 6.13. The van der Waals surface area contributed by atoms with Crippen molar-refractivity contribution in [2.24, 2.45) is 0 Å². The molecule has 0 saturated carbocycles. The van der Waals surface area contributed by atoms with E-state index in [-0.39, 0.29) is 5.56 Å². The smallest absolute Gasteiger partial charge is 0.262 e. The van der Waals surface area contributed by atoms with Gasteiger partial charge in [-0.1, -0.05) is 30.8 Å². The van der Waals surface area contributed by atoms with Crippen LogP contribution in [-0.4, -0.2) is 25.5 Å². The zero-order valence-corrected chi connectivity index (χ0v) is 13.0. The molecule has 0 aliphatic rings. The zero-order valence-electron chi connectivity index (χ0n) is 12.2. The molecule has 21 heavy (non-hydrogen) atoms. The molecule has 1 aromatic carbocycles. The van der Waals surface area contributed by atoms with Crippen LogP contribution in [0.3, 0.4) is 0 Å². The summed E-state index contributed by atoms with van der Waals surface area (Å²) in [6.07, 6.45) is 1.57. The van der Waals surface area contributed by atoms with E-state index in [4.69, 9.17) is 0 Å². The summed E-state index contributed by atoms with van der Waals surface area (Å²) in [5.74, 6) is 0.853. The van der Waals surface area contributed by atoms with Gasteiger partial charge in [0.05, 0.1) is 11.9 Å². The van der Waals surface area contributed by atoms with Crippen LogP contribution in [0, 0.1) is 13.8 Å². The molecule has 2 heterocycles. The third kappa shape index (κ3) is 2.35. The summed E-state index contributed by atoms with van der Waals surface area (Å²) >= 11 is 1.51. The van der Waals surface area contributed by atoms with Crippen LogP contribution in [0.5, 0.6) is 0 Å². The van der Waals surface area contributed by atoms with Gasteiger partial charge in [-0.25, -0.2) is 9.67 Å². The molecule has 2 aromatic heterocycles. The van der Waals surface area contributed by atoms with E-state index in [1.54, 1.807) is 10.9 Å². The van der Waals surface area contributed by atoms with Crippen molar-refractivity contribution >= 4 is 22.8 Å². The van der Waals surface area contributed by atoms with Gasteiger partial charge in [0.25, 0.3) is 5.56 Å².